The van der Waals surface area contributed by atoms with Crippen LogP contribution in [0.25, 0.3) is 0 Å². The van der Waals surface area contributed by atoms with E-state index in [4.69, 9.17) is 4.74 Å². The van der Waals surface area contributed by atoms with Gasteiger partial charge >= 0.3 is 12.4 Å². The average Bonchev–Trinajstić information content (AvgIpc) is 2.62. The van der Waals surface area contributed by atoms with Crippen molar-refractivity contribution in [2.75, 3.05) is 32.8 Å². The molecule has 3 fully saturated rings. The summed E-state index contributed by atoms with van der Waals surface area (Å²) in [6, 6.07) is 1.36. The maximum Gasteiger partial charge on any atom is 0.573 e. The second-order valence-corrected chi connectivity index (χ2v) is 7.83. The van der Waals surface area contributed by atoms with Crippen LogP contribution in [0.2, 0.25) is 0 Å². The highest BCUT2D eigenvalue weighted by molar-refractivity contribution is 5.81. The zero-order valence-corrected chi connectivity index (χ0v) is 15.8. The van der Waals surface area contributed by atoms with Crippen LogP contribution in [0.1, 0.15) is 24.3 Å². The number of fused-ring (bicyclic) bond motifs is 1. The molecule has 11 heteroatoms. The first-order valence-corrected chi connectivity index (χ1v) is 9.52. The van der Waals surface area contributed by atoms with E-state index < -0.39 is 29.7 Å². The van der Waals surface area contributed by atoms with Crippen LogP contribution in [0.3, 0.4) is 0 Å². The van der Waals surface area contributed by atoms with Crippen molar-refractivity contribution >= 4 is 11.8 Å². The van der Waals surface area contributed by atoms with Crippen LogP contribution in [0.4, 0.5) is 26.7 Å². The van der Waals surface area contributed by atoms with Gasteiger partial charge in [0, 0.05) is 44.4 Å². The summed E-state index contributed by atoms with van der Waals surface area (Å²) in [4.78, 5) is 27.4. The Morgan fingerprint density at radius 2 is 1.77 bits per heavy atom. The molecule has 3 aliphatic rings. The van der Waals surface area contributed by atoms with Crippen LogP contribution < -0.4 is 4.74 Å². The number of rotatable bonds is 2. The third-order valence-corrected chi connectivity index (χ3v) is 5.74. The Hall–Kier alpha value is -2.43. The molecule has 2 amide bonds. The fourth-order valence-electron chi connectivity index (χ4n) is 4.23. The maximum atomic E-state index is 13.9. The molecule has 0 saturated carbocycles. The van der Waals surface area contributed by atoms with Crippen molar-refractivity contribution in [1.82, 2.24) is 9.80 Å². The Morgan fingerprint density at radius 1 is 1.10 bits per heavy atom. The number of urea groups is 1. The number of hydrogen-bond acceptors (Lipinski definition) is 4. The molecule has 2 atom stereocenters. The van der Waals surface area contributed by atoms with Gasteiger partial charge in [0.1, 0.15) is 6.61 Å². The highest BCUT2D eigenvalue weighted by atomic mass is 19.4. The van der Waals surface area contributed by atoms with E-state index in [0.717, 1.165) is 12.1 Å². The van der Waals surface area contributed by atoms with Gasteiger partial charge in [-0.3, -0.25) is 4.79 Å². The van der Waals surface area contributed by atoms with E-state index >= 15 is 0 Å². The lowest BCUT2D eigenvalue weighted by atomic mass is 9.87. The van der Waals surface area contributed by atoms with Crippen molar-refractivity contribution in [2.45, 2.75) is 31.2 Å². The summed E-state index contributed by atoms with van der Waals surface area (Å²) in [6.07, 6.45) is -4.22. The monoisotopic (exact) mass is 434 g/mol. The van der Waals surface area contributed by atoms with Gasteiger partial charge in [0.2, 0.25) is 5.75 Å². The Labute approximate surface area is 168 Å². The normalized spacial score (nSPS) is 25.0. The van der Waals surface area contributed by atoms with Crippen LogP contribution in [0.15, 0.2) is 12.1 Å². The number of ketones is 1. The Balaban J connectivity index is 1.35. The summed E-state index contributed by atoms with van der Waals surface area (Å²) in [7, 11) is 0. The second-order valence-electron chi connectivity index (χ2n) is 7.83. The summed E-state index contributed by atoms with van der Waals surface area (Å²) in [5.74, 6) is -4.81. The van der Waals surface area contributed by atoms with Gasteiger partial charge in [-0.05, 0) is 24.1 Å². The molecule has 164 valence electrons. The average molecular weight is 434 g/mol. The van der Waals surface area contributed by atoms with Crippen LogP contribution >= 0.6 is 0 Å². The largest absolute Gasteiger partial charge is 0.573 e. The first kappa shape index (κ1) is 20.8. The van der Waals surface area contributed by atoms with Crippen LogP contribution in [0, 0.1) is 17.6 Å². The minimum Gasteiger partial charge on any atom is -0.399 e. The van der Waals surface area contributed by atoms with E-state index in [1.165, 1.54) is 4.90 Å². The molecule has 0 aliphatic carbocycles. The van der Waals surface area contributed by atoms with Gasteiger partial charge in [0.05, 0.1) is 6.10 Å². The number of nitrogens with zero attached hydrogens (tertiary/aromatic N) is 2. The van der Waals surface area contributed by atoms with E-state index in [1.807, 2.05) is 0 Å². The summed E-state index contributed by atoms with van der Waals surface area (Å²) in [5.41, 5.74) is 0.161. The smallest absolute Gasteiger partial charge is 0.399 e. The molecule has 3 heterocycles. The molecule has 6 nitrogen and oxygen atoms in total. The Morgan fingerprint density at radius 3 is 2.40 bits per heavy atom. The van der Waals surface area contributed by atoms with E-state index in [2.05, 4.69) is 4.74 Å². The Bertz CT molecular complexity index is 833. The lowest BCUT2D eigenvalue weighted by molar-refractivity contribution is -0.276. The van der Waals surface area contributed by atoms with Crippen LogP contribution in [-0.2, 0) is 9.53 Å². The lowest BCUT2D eigenvalue weighted by Gasteiger charge is -2.46. The third-order valence-electron chi connectivity index (χ3n) is 5.74. The molecule has 1 aromatic carbocycles. The number of alkyl halides is 3. The quantitative estimate of drug-likeness (QED) is 0.672. The minimum atomic E-state index is -5.20. The van der Waals surface area contributed by atoms with Crippen molar-refractivity contribution in [3.63, 3.8) is 0 Å². The zero-order valence-electron chi connectivity index (χ0n) is 15.8. The van der Waals surface area contributed by atoms with Crippen molar-refractivity contribution in [2.24, 2.45) is 5.92 Å². The summed E-state index contributed by atoms with van der Waals surface area (Å²) >= 11 is 0. The maximum absolute atomic E-state index is 13.9. The van der Waals surface area contributed by atoms with E-state index in [-0.39, 0.29) is 49.1 Å². The van der Waals surface area contributed by atoms with Gasteiger partial charge in [0.15, 0.2) is 17.4 Å². The number of amides is 2. The number of carbonyl (C=O) groups is 2. The SMILES string of the molecule is O=C1CO[C@H]2CCN(C(=O)N3CC(c4cc(F)c(OC(F)(F)F)c(F)c4)C3)C[C@H]2C1. The standard InChI is InChI=1S/C19H19F5N2O4/c20-14-4-10(5-15(21)17(14)30-19(22,23)24)12-7-26(8-12)18(28)25-2-1-16-11(6-25)3-13(27)9-29-16/h4-5,11-12,16H,1-3,6-9H2/t11-,16+/m1/s1. The topological polar surface area (TPSA) is 59.1 Å². The molecule has 0 bridgehead atoms. The van der Waals surface area contributed by atoms with Crippen molar-refractivity contribution < 1.29 is 41.0 Å². The molecule has 0 unspecified atom stereocenters. The highest BCUT2D eigenvalue weighted by Gasteiger charge is 2.41. The van der Waals surface area contributed by atoms with Gasteiger partial charge in [-0.15, -0.1) is 13.2 Å². The molecule has 3 saturated heterocycles. The fourth-order valence-corrected chi connectivity index (χ4v) is 4.23. The molecule has 1 aromatic rings. The summed E-state index contributed by atoms with van der Waals surface area (Å²) < 4.78 is 73.4. The molecule has 0 spiro atoms. The number of hydrogen-bond donors (Lipinski definition) is 0. The summed E-state index contributed by atoms with van der Waals surface area (Å²) in [5, 5.41) is 0. The number of ether oxygens (including phenoxy) is 2. The molecule has 0 N–H and O–H groups in total. The van der Waals surface area contributed by atoms with E-state index in [9.17, 15) is 31.5 Å². The predicted molar refractivity (Wildman–Crippen MR) is 91.8 cm³/mol. The zero-order chi connectivity index (χ0) is 21.6. The number of Topliss-reactive ketones (excluding diaryl/α,β-unsaturated/α-hetero) is 1. The third kappa shape index (κ3) is 4.21. The van der Waals surface area contributed by atoms with E-state index in [1.54, 1.807) is 4.90 Å². The van der Waals surface area contributed by atoms with Gasteiger partial charge in [-0.2, -0.15) is 0 Å². The molecule has 30 heavy (non-hydrogen) atoms. The number of halogens is 5. The molecule has 0 radical (unpaired) electrons. The minimum absolute atomic E-state index is 0.0107. The van der Waals surface area contributed by atoms with Crippen LogP contribution in [0.5, 0.6) is 5.75 Å². The van der Waals surface area contributed by atoms with E-state index in [0.29, 0.717) is 25.9 Å². The Kier molecular flexibility index (Phi) is 5.33. The second kappa shape index (κ2) is 7.68. The molecule has 0 aromatic heterocycles. The summed E-state index contributed by atoms with van der Waals surface area (Å²) in [6.45, 7) is 1.39. The number of benzene rings is 1. The van der Waals surface area contributed by atoms with Crippen molar-refractivity contribution in [1.29, 1.82) is 0 Å². The van der Waals surface area contributed by atoms with Crippen molar-refractivity contribution in [3.05, 3.63) is 29.3 Å². The first-order chi connectivity index (χ1) is 14.1. The lowest BCUT2D eigenvalue weighted by Crippen LogP contribution is -2.58. The van der Waals surface area contributed by atoms with Gasteiger partial charge in [-0.1, -0.05) is 0 Å². The molecule has 4 rings (SSSR count). The van der Waals surface area contributed by atoms with Gasteiger partial charge in [0.25, 0.3) is 0 Å². The van der Waals surface area contributed by atoms with Gasteiger partial charge < -0.3 is 19.3 Å². The predicted octanol–water partition coefficient (Wildman–Crippen LogP) is 3.06. The fraction of sp³-hybridized carbons (Fsp3) is 0.579. The molecular weight excluding hydrogens is 415 g/mol. The number of piperidine rings is 1. The van der Waals surface area contributed by atoms with Gasteiger partial charge in [-0.25, -0.2) is 13.6 Å². The highest BCUT2D eigenvalue weighted by Crippen LogP contribution is 2.35. The van der Waals surface area contributed by atoms with Crippen molar-refractivity contribution in [3.8, 4) is 5.75 Å². The molecular formula is C19H19F5N2O4. The number of carbonyl (C=O) groups excluding carboxylic acids is 2. The molecule has 3 aliphatic heterocycles. The first-order valence-electron chi connectivity index (χ1n) is 9.52. The number of likely N-dealkylation sites (tertiary alicyclic amines) is 2. The van der Waals surface area contributed by atoms with Crippen LogP contribution in [-0.4, -0.2) is 66.9 Å².